The van der Waals surface area contributed by atoms with Crippen LogP contribution in [0.1, 0.15) is 11.1 Å². The standard InChI is InChI=1S/C19H19F3N4O4/c1-29-15-7-6-12(8-16(15)30-2)10-24-26-17(27)11-23-18(28)25-14-5-3-4-13(9-14)19(20,21)22/h3-10H,11H2,1-2H3,(H,26,27)(H2,23,25,28)/b24-10-. The maximum atomic E-state index is 12.7. The van der Waals surface area contributed by atoms with Crippen molar-refractivity contribution in [2.75, 3.05) is 26.1 Å². The van der Waals surface area contributed by atoms with E-state index in [1.807, 2.05) is 0 Å². The highest BCUT2D eigenvalue weighted by Crippen LogP contribution is 2.30. The SMILES string of the molecule is COc1ccc(/C=N\NC(=O)CNC(=O)Nc2cccc(C(F)(F)F)c2)cc1OC. The van der Waals surface area contributed by atoms with Gasteiger partial charge in [0.15, 0.2) is 11.5 Å². The van der Waals surface area contributed by atoms with E-state index in [0.717, 1.165) is 18.2 Å². The van der Waals surface area contributed by atoms with Crippen LogP contribution in [-0.2, 0) is 11.0 Å². The number of alkyl halides is 3. The van der Waals surface area contributed by atoms with E-state index in [4.69, 9.17) is 9.47 Å². The maximum absolute atomic E-state index is 12.7. The Morgan fingerprint density at radius 2 is 1.80 bits per heavy atom. The van der Waals surface area contributed by atoms with Gasteiger partial charge in [0, 0.05) is 5.69 Å². The van der Waals surface area contributed by atoms with Gasteiger partial charge < -0.3 is 20.1 Å². The van der Waals surface area contributed by atoms with E-state index in [0.29, 0.717) is 17.1 Å². The van der Waals surface area contributed by atoms with Crippen LogP contribution in [0.15, 0.2) is 47.6 Å². The lowest BCUT2D eigenvalue weighted by Crippen LogP contribution is -2.37. The third-order valence-corrected chi connectivity index (χ3v) is 3.67. The van der Waals surface area contributed by atoms with Crippen LogP contribution < -0.4 is 25.5 Å². The summed E-state index contributed by atoms with van der Waals surface area (Å²) in [7, 11) is 2.98. The third kappa shape index (κ3) is 6.69. The minimum absolute atomic E-state index is 0.0609. The molecule has 3 N–H and O–H groups in total. The van der Waals surface area contributed by atoms with Crippen molar-refractivity contribution >= 4 is 23.8 Å². The van der Waals surface area contributed by atoms with Gasteiger partial charge in [0.2, 0.25) is 0 Å². The van der Waals surface area contributed by atoms with E-state index >= 15 is 0 Å². The number of amides is 3. The van der Waals surface area contributed by atoms with Gasteiger partial charge in [-0.15, -0.1) is 0 Å². The summed E-state index contributed by atoms with van der Waals surface area (Å²) in [5.74, 6) is 0.390. The molecule has 0 aliphatic heterocycles. The molecule has 0 heterocycles. The van der Waals surface area contributed by atoms with Gasteiger partial charge >= 0.3 is 12.2 Å². The monoisotopic (exact) mass is 424 g/mol. The van der Waals surface area contributed by atoms with Gasteiger partial charge in [-0.3, -0.25) is 4.79 Å². The van der Waals surface area contributed by atoms with E-state index in [2.05, 4.69) is 21.2 Å². The highest BCUT2D eigenvalue weighted by atomic mass is 19.4. The summed E-state index contributed by atoms with van der Waals surface area (Å²) in [6, 6.07) is 8.29. The van der Waals surface area contributed by atoms with E-state index < -0.39 is 30.2 Å². The maximum Gasteiger partial charge on any atom is 0.416 e. The number of hydrogen-bond donors (Lipinski definition) is 3. The number of benzene rings is 2. The summed E-state index contributed by atoms with van der Waals surface area (Å²) < 4.78 is 48.3. The molecule has 0 atom stereocenters. The fourth-order valence-corrected chi connectivity index (χ4v) is 2.26. The number of halogens is 3. The van der Waals surface area contributed by atoms with E-state index in [9.17, 15) is 22.8 Å². The van der Waals surface area contributed by atoms with Gasteiger partial charge in [-0.05, 0) is 42.0 Å². The van der Waals surface area contributed by atoms with Crippen LogP contribution in [0.5, 0.6) is 11.5 Å². The smallest absolute Gasteiger partial charge is 0.416 e. The van der Waals surface area contributed by atoms with Crippen molar-refractivity contribution in [1.82, 2.24) is 10.7 Å². The zero-order valence-electron chi connectivity index (χ0n) is 16.0. The van der Waals surface area contributed by atoms with Crippen LogP contribution in [0, 0.1) is 0 Å². The molecule has 0 aliphatic rings. The molecule has 0 aliphatic carbocycles. The van der Waals surface area contributed by atoms with Crippen LogP contribution in [0.4, 0.5) is 23.7 Å². The molecule has 8 nitrogen and oxygen atoms in total. The molecule has 0 fully saturated rings. The quantitative estimate of drug-likeness (QED) is 0.470. The second-order valence-corrected chi connectivity index (χ2v) is 5.79. The Kier molecular flexibility index (Phi) is 7.62. The first-order valence-electron chi connectivity index (χ1n) is 8.49. The molecule has 2 rings (SSSR count). The molecular formula is C19H19F3N4O4. The Balaban J connectivity index is 1.82. The van der Waals surface area contributed by atoms with Gasteiger partial charge in [-0.25, -0.2) is 10.2 Å². The number of rotatable bonds is 7. The number of urea groups is 1. The number of hydrazone groups is 1. The van der Waals surface area contributed by atoms with Crippen molar-refractivity contribution in [1.29, 1.82) is 0 Å². The lowest BCUT2D eigenvalue weighted by molar-refractivity contribution is -0.137. The molecule has 0 saturated heterocycles. The molecule has 2 aromatic carbocycles. The van der Waals surface area contributed by atoms with Crippen LogP contribution in [0.3, 0.4) is 0 Å². The van der Waals surface area contributed by atoms with Crippen LogP contribution in [0.25, 0.3) is 0 Å². The Morgan fingerprint density at radius 3 is 2.47 bits per heavy atom. The molecule has 0 bridgehead atoms. The molecule has 0 spiro atoms. The molecular weight excluding hydrogens is 405 g/mol. The molecule has 3 amide bonds. The van der Waals surface area contributed by atoms with Crippen LogP contribution in [0.2, 0.25) is 0 Å². The van der Waals surface area contributed by atoms with Crippen molar-refractivity contribution in [3.05, 3.63) is 53.6 Å². The second-order valence-electron chi connectivity index (χ2n) is 5.79. The van der Waals surface area contributed by atoms with Crippen molar-refractivity contribution in [3.63, 3.8) is 0 Å². The predicted octanol–water partition coefficient (Wildman–Crippen LogP) is 2.99. The Hall–Kier alpha value is -3.76. The first-order chi connectivity index (χ1) is 14.2. The number of carbonyl (C=O) groups is 2. The van der Waals surface area contributed by atoms with Crippen molar-refractivity contribution < 1.29 is 32.2 Å². The fraction of sp³-hybridized carbons (Fsp3) is 0.211. The fourth-order valence-electron chi connectivity index (χ4n) is 2.26. The summed E-state index contributed by atoms with van der Waals surface area (Å²) in [6.45, 7) is -0.436. The summed E-state index contributed by atoms with van der Waals surface area (Å²) in [4.78, 5) is 23.5. The number of anilines is 1. The number of carbonyl (C=O) groups excluding carboxylic acids is 2. The molecule has 0 saturated carbocycles. The van der Waals surface area contributed by atoms with Gasteiger partial charge in [0.05, 0.1) is 26.0 Å². The lowest BCUT2D eigenvalue weighted by atomic mass is 10.2. The largest absolute Gasteiger partial charge is 0.493 e. The van der Waals surface area contributed by atoms with Crippen LogP contribution in [-0.4, -0.2) is 38.9 Å². The highest BCUT2D eigenvalue weighted by molar-refractivity contribution is 5.92. The molecule has 0 aromatic heterocycles. The number of hydrogen-bond acceptors (Lipinski definition) is 5. The van der Waals surface area contributed by atoms with E-state index in [1.165, 1.54) is 26.5 Å². The molecule has 2 aromatic rings. The minimum atomic E-state index is -4.53. The number of nitrogens with zero attached hydrogens (tertiary/aromatic N) is 1. The molecule has 0 radical (unpaired) electrons. The predicted molar refractivity (Wildman–Crippen MR) is 104 cm³/mol. The van der Waals surface area contributed by atoms with Crippen molar-refractivity contribution in [2.45, 2.75) is 6.18 Å². The van der Waals surface area contributed by atoms with E-state index in [-0.39, 0.29) is 5.69 Å². The van der Waals surface area contributed by atoms with Gasteiger partial charge in [-0.2, -0.15) is 18.3 Å². The summed E-state index contributed by atoms with van der Waals surface area (Å²) in [5.41, 5.74) is 1.88. The third-order valence-electron chi connectivity index (χ3n) is 3.67. The molecule has 30 heavy (non-hydrogen) atoms. The zero-order chi connectivity index (χ0) is 22.1. The first-order valence-corrected chi connectivity index (χ1v) is 8.49. The summed E-state index contributed by atoms with van der Waals surface area (Å²) >= 11 is 0. The average Bonchev–Trinajstić information content (AvgIpc) is 2.71. The average molecular weight is 424 g/mol. The van der Waals surface area contributed by atoms with Crippen LogP contribution >= 0.6 is 0 Å². The van der Waals surface area contributed by atoms with Gasteiger partial charge in [0.25, 0.3) is 5.91 Å². The topological polar surface area (TPSA) is 101 Å². The number of ether oxygens (including phenoxy) is 2. The summed E-state index contributed by atoms with van der Waals surface area (Å²) in [5, 5.41) is 8.19. The van der Waals surface area contributed by atoms with Gasteiger partial charge in [0.1, 0.15) is 6.54 Å². The second kappa shape index (κ2) is 10.1. The van der Waals surface area contributed by atoms with Crippen molar-refractivity contribution in [3.8, 4) is 11.5 Å². The van der Waals surface area contributed by atoms with E-state index in [1.54, 1.807) is 18.2 Å². The Bertz CT molecular complexity index is 932. The van der Waals surface area contributed by atoms with Gasteiger partial charge in [-0.1, -0.05) is 6.07 Å². The zero-order valence-corrected chi connectivity index (χ0v) is 16.0. The molecule has 160 valence electrons. The lowest BCUT2D eigenvalue weighted by Gasteiger charge is -2.10. The minimum Gasteiger partial charge on any atom is -0.493 e. The normalized spacial score (nSPS) is 11.1. The number of nitrogens with one attached hydrogen (secondary N) is 3. The highest BCUT2D eigenvalue weighted by Gasteiger charge is 2.30. The Labute approximate surface area is 170 Å². The Morgan fingerprint density at radius 1 is 1.07 bits per heavy atom. The summed E-state index contributed by atoms with van der Waals surface area (Å²) in [6.07, 6.45) is -3.16. The molecule has 11 heteroatoms. The molecule has 0 unspecified atom stereocenters. The number of methoxy groups -OCH3 is 2. The first kappa shape index (κ1) is 22.5. The van der Waals surface area contributed by atoms with Crippen molar-refractivity contribution in [2.24, 2.45) is 5.10 Å².